The van der Waals surface area contributed by atoms with Crippen molar-refractivity contribution in [1.29, 1.82) is 0 Å². The maximum Gasteiger partial charge on any atom is 0.407 e. The molecule has 0 fully saturated rings. The van der Waals surface area contributed by atoms with Crippen LogP contribution in [0.15, 0.2) is 30.9 Å². The second-order valence-electron chi connectivity index (χ2n) is 4.28. The van der Waals surface area contributed by atoms with E-state index in [2.05, 4.69) is 21.9 Å². The molecule has 0 saturated carbocycles. The van der Waals surface area contributed by atoms with Crippen LogP contribution in [0.25, 0.3) is 11.0 Å². The van der Waals surface area contributed by atoms with Gasteiger partial charge in [0, 0.05) is 13.0 Å². The summed E-state index contributed by atoms with van der Waals surface area (Å²) < 4.78 is 4.77. The number of carboxylic acids is 1. The molecule has 0 saturated heterocycles. The fourth-order valence-corrected chi connectivity index (χ4v) is 1.78. The molecule has 2 aromatic rings. The van der Waals surface area contributed by atoms with Crippen molar-refractivity contribution in [2.45, 2.75) is 6.42 Å². The minimum Gasteiger partial charge on any atom is -0.478 e. The minimum absolute atomic E-state index is 0.161. The van der Waals surface area contributed by atoms with E-state index in [0.29, 0.717) is 29.8 Å². The van der Waals surface area contributed by atoms with Gasteiger partial charge < -0.3 is 20.1 Å². The van der Waals surface area contributed by atoms with Gasteiger partial charge in [-0.2, -0.15) is 0 Å². The first-order chi connectivity index (χ1) is 10.1. The van der Waals surface area contributed by atoms with Crippen molar-refractivity contribution >= 4 is 23.1 Å². The zero-order chi connectivity index (χ0) is 15.2. The number of benzene rings is 1. The average molecular weight is 289 g/mol. The number of ether oxygens (including phenoxy) is 1. The van der Waals surface area contributed by atoms with Gasteiger partial charge in [0.1, 0.15) is 12.4 Å². The number of amides is 1. The molecule has 0 radical (unpaired) electrons. The van der Waals surface area contributed by atoms with E-state index in [1.807, 2.05) is 0 Å². The highest BCUT2D eigenvalue weighted by Crippen LogP contribution is 2.14. The predicted octanol–water partition coefficient (Wildman–Crippen LogP) is 1.72. The van der Waals surface area contributed by atoms with Crippen molar-refractivity contribution < 1.29 is 19.4 Å². The van der Waals surface area contributed by atoms with Crippen LogP contribution in [0.5, 0.6) is 0 Å². The molecule has 0 aliphatic carbocycles. The molecule has 7 nitrogen and oxygen atoms in total. The molecule has 1 amide bonds. The molecule has 1 aromatic carbocycles. The fraction of sp³-hybridized carbons (Fsp3) is 0.214. The van der Waals surface area contributed by atoms with Crippen LogP contribution in [-0.2, 0) is 11.2 Å². The molecule has 0 spiro atoms. The first kappa shape index (κ1) is 14.6. The van der Waals surface area contributed by atoms with Crippen molar-refractivity contribution in [3.8, 4) is 0 Å². The van der Waals surface area contributed by atoms with E-state index in [4.69, 9.17) is 9.84 Å². The number of nitrogens with zero attached hydrogens (tertiary/aromatic N) is 1. The normalized spacial score (nSPS) is 10.3. The van der Waals surface area contributed by atoms with Crippen molar-refractivity contribution in [2.75, 3.05) is 13.2 Å². The highest BCUT2D eigenvalue weighted by molar-refractivity contribution is 5.92. The highest BCUT2D eigenvalue weighted by Gasteiger charge is 2.08. The summed E-state index contributed by atoms with van der Waals surface area (Å²) in [5.41, 5.74) is 1.53. The SMILES string of the molecule is C=CCOC(=O)NCCc1nc2ccc(C(=O)O)cc2[nH]1. The second-order valence-corrected chi connectivity index (χ2v) is 4.28. The quantitative estimate of drug-likeness (QED) is 0.702. The van der Waals surface area contributed by atoms with Crippen LogP contribution in [0.2, 0.25) is 0 Å². The van der Waals surface area contributed by atoms with E-state index in [9.17, 15) is 9.59 Å². The third kappa shape index (κ3) is 3.82. The van der Waals surface area contributed by atoms with E-state index in [-0.39, 0.29) is 12.2 Å². The van der Waals surface area contributed by atoms with Crippen LogP contribution in [0.4, 0.5) is 4.79 Å². The van der Waals surface area contributed by atoms with Gasteiger partial charge in [-0.25, -0.2) is 14.6 Å². The number of nitrogens with one attached hydrogen (secondary N) is 2. The van der Waals surface area contributed by atoms with E-state index in [1.54, 1.807) is 6.07 Å². The zero-order valence-electron chi connectivity index (χ0n) is 11.3. The van der Waals surface area contributed by atoms with Gasteiger partial charge in [-0.05, 0) is 18.2 Å². The van der Waals surface area contributed by atoms with Crippen molar-refractivity contribution in [1.82, 2.24) is 15.3 Å². The molecule has 0 aliphatic rings. The summed E-state index contributed by atoms with van der Waals surface area (Å²) >= 11 is 0. The number of rotatable bonds is 6. The highest BCUT2D eigenvalue weighted by atomic mass is 16.5. The van der Waals surface area contributed by atoms with Crippen molar-refractivity contribution in [3.05, 3.63) is 42.2 Å². The molecule has 0 unspecified atom stereocenters. The maximum absolute atomic E-state index is 11.2. The third-order valence-corrected chi connectivity index (χ3v) is 2.74. The molecule has 1 heterocycles. The Kier molecular flexibility index (Phi) is 4.55. The number of aromatic nitrogens is 2. The standard InChI is InChI=1S/C14H15N3O4/c1-2-7-21-14(20)15-6-5-12-16-10-4-3-9(13(18)19)8-11(10)17-12/h2-4,8H,1,5-7H2,(H,15,20)(H,16,17)(H,18,19). The number of carbonyl (C=O) groups excluding carboxylic acids is 1. The smallest absolute Gasteiger partial charge is 0.407 e. The van der Waals surface area contributed by atoms with Gasteiger partial charge >= 0.3 is 12.1 Å². The number of carboxylic acid groups (broad SMARTS) is 1. The molecule has 2 rings (SSSR count). The van der Waals surface area contributed by atoms with Crippen LogP contribution < -0.4 is 5.32 Å². The lowest BCUT2D eigenvalue weighted by Gasteiger charge is -2.03. The van der Waals surface area contributed by atoms with Crippen LogP contribution in [0.3, 0.4) is 0 Å². The van der Waals surface area contributed by atoms with E-state index in [0.717, 1.165) is 0 Å². The van der Waals surface area contributed by atoms with Crippen LogP contribution in [0.1, 0.15) is 16.2 Å². The largest absolute Gasteiger partial charge is 0.478 e. The molecule has 0 aliphatic heterocycles. The Balaban J connectivity index is 1.95. The van der Waals surface area contributed by atoms with Gasteiger partial charge in [0.05, 0.1) is 16.6 Å². The summed E-state index contributed by atoms with van der Waals surface area (Å²) in [4.78, 5) is 29.4. The Morgan fingerprint density at radius 2 is 2.29 bits per heavy atom. The number of imidazole rings is 1. The van der Waals surface area contributed by atoms with Gasteiger partial charge in [-0.1, -0.05) is 12.7 Å². The van der Waals surface area contributed by atoms with Crippen molar-refractivity contribution in [3.63, 3.8) is 0 Å². The fourth-order valence-electron chi connectivity index (χ4n) is 1.78. The van der Waals surface area contributed by atoms with Gasteiger partial charge in [0.15, 0.2) is 0 Å². The lowest BCUT2D eigenvalue weighted by Crippen LogP contribution is -2.26. The third-order valence-electron chi connectivity index (χ3n) is 2.74. The molecule has 110 valence electrons. The average Bonchev–Trinajstić information content (AvgIpc) is 2.86. The zero-order valence-corrected chi connectivity index (χ0v) is 11.3. The Morgan fingerprint density at radius 3 is 3.00 bits per heavy atom. The number of carbonyl (C=O) groups is 2. The van der Waals surface area contributed by atoms with Gasteiger partial charge in [-0.3, -0.25) is 0 Å². The summed E-state index contributed by atoms with van der Waals surface area (Å²) in [5.74, 6) is -0.323. The Morgan fingerprint density at radius 1 is 1.48 bits per heavy atom. The number of alkyl carbamates (subject to hydrolysis) is 1. The maximum atomic E-state index is 11.2. The lowest BCUT2D eigenvalue weighted by atomic mass is 10.2. The van der Waals surface area contributed by atoms with Crippen LogP contribution >= 0.6 is 0 Å². The molecular weight excluding hydrogens is 274 g/mol. The summed E-state index contributed by atoms with van der Waals surface area (Å²) in [6.45, 7) is 3.97. The number of aromatic carboxylic acids is 1. The number of hydrogen-bond donors (Lipinski definition) is 3. The monoisotopic (exact) mass is 289 g/mol. The summed E-state index contributed by atoms with van der Waals surface area (Å²) in [6, 6.07) is 4.67. The van der Waals surface area contributed by atoms with Crippen LogP contribution in [-0.4, -0.2) is 40.3 Å². The summed E-state index contributed by atoms with van der Waals surface area (Å²) in [5, 5.41) is 11.5. The molecule has 0 atom stereocenters. The molecule has 3 N–H and O–H groups in total. The number of aromatic amines is 1. The topological polar surface area (TPSA) is 104 Å². The first-order valence-electron chi connectivity index (χ1n) is 6.33. The molecule has 0 bridgehead atoms. The number of H-pyrrole nitrogens is 1. The first-order valence-corrected chi connectivity index (χ1v) is 6.33. The van der Waals surface area contributed by atoms with Gasteiger partial charge in [-0.15, -0.1) is 0 Å². The Labute approximate surface area is 120 Å². The molecule has 7 heteroatoms. The second kappa shape index (κ2) is 6.56. The lowest BCUT2D eigenvalue weighted by molar-refractivity contribution is 0.0697. The summed E-state index contributed by atoms with van der Waals surface area (Å²) in [6.07, 6.45) is 1.46. The minimum atomic E-state index is -0.986. The van der Waals surface area contributed by atoms with Gasteiger partial charge in [0.2, 0.25) is 0 Å². The Hall–Kier alpha value is -2.83. The molecule has 1 aromatic heterocycles. The predicted molar refractivity (Wildman–Crippen MR) is 76.3 cm³/mol. The number of hydrogen-bond acceptors (Lipinski definition) is 4. The molecule has 21 heavy (non-hydrogen) atoms. The van der Waals surface area contributed by atoms with E-state index in [1.165, 1.54) is 18.2 Å². The summed E-state index contributed by atoms with van der Waals surface area (Å²) in [7, 11) is 0. The van der Waals surface area contributed by atoms with E-state index >= 15 is 0 Å². The van der Waals surface area contributed by atoms with Crippen LogP contribution in [0, 0.1) is 0 Å². The number of fused-ring (bicyclic) bond motifs is 1. The Bertz CT molecular complexity index is 678. The van der Waals surface area contributed by atoms with E-state index < -0.39 is 12.1 Å². The van der Waals surface area contributed by atoms with Crippen molar-refractivity contribution in [2.24, 2.45) is 0 Å². The molecular formula is C14H15N3O4. The van der Waals surface area contributed by atoms with Gasteiger partial charge in [0.25, 0.3) is 0 Å².